The monoisotopic (exact) mass is 223 g/mol. The quantitative estimate of drug-likeness (QED) is 0.803. The molecule has 1 saturated carbocycles. The van der Waals surface area contributed by atoms with Gasteiger partial charge in [0.15, 0.2) is 0 Å². The van der Waals surface area contributed by atoms with Gasteiger partial charge >= 0.3 is 0 Å². The van der Waals surface area contributed by atoms with Crippen molar-refractivity contribution in [1.29, 1.82) is 0 Å². The molecule has 2 atom stereocenters. The third-order valence-corrected chi connectivity index (χ3v) is 3.71. The average Bonchev–Trinajstić information content (AvgIpc) is 2.88. The first-order valence-corrected chi connectivity index (χ1v) is 6.16. The van der Waals surface area contributed by atoms with Gasteiger partial charge in [0.1, 0.15) is 5.76 Å². The molecular formula is C13H21NO2. The zero-order valence-electron chi connectivity index (χ0n) is 9.91. The molecule has 0 aliphatic heterocycles. The standard InChI is InChI=1S/C13H21NO2/c1-10-5-6-16-13(10)8-14-7-11-3-2-4-12(11)9-15/h5-6,11-12,14-15H,2-4,7-9H2,1H3. The second kappa shape index (κ2) is 5.51. The molecule has 2 unspecified atom stereocenters. The van der Waals surface area contributed by atoms with E-state index >= 15 is 0 Å². The van der Waals surface area contributed by atoms with Crippen LogP contribution >= 0.6 is 0 Å². The van der Waals surface area contributed by atoms with Crippen LogP contribution in [0.4, 0.5) is 0 Å². The van der Waals surface area contributed by atoms with Crippen LogP contribution in [0.25, 0.3) is 0 Å². The van der Waals surface area contributed by atoms with E-state index < -0.39 is 0 Å². The Morgan fingerprint density at radius 2 is 2.25 bits per heavy atom. The number of hydrogen-bond donors (Lipinski definition) is 2. The second-order valence-electron chi connectivity index (χ2n) is 4.79. The molecule has 1 aromatic heterocycles. The van der Waals surface area contributed by atoms with Gasteiger partial charge in [-0.25, -0.2) is 0 Å². The van der Waals surface area contributed by atoms with E-state index in [-0.39, 0.29) is 0 Å². The second-order valence-corrected chi connectivity index (χ2v) is 4.79. The van der Waals surface area contributed by atoms with Gasteiger partial charge in [0.25, 0.3) is 0 Å². The molecule has 0 amide bonds. The topological polar surface area (TPSA) is 45.4 Å². The van der Waals surface area contributed by atoms with Crippen LogP contribution in [0.3, 0.4) is 0 Å². The van der Waals surface area contributed by atoms with E-state index in [9.17, 15) is 5.11 Å². The highest BCUT2D eigenvalue weighted by Crippen LogP contribution is 2.30. The van der Waals surface area contributed by atoms with Gasteiger partial charge in [-0.05, 0) is 49.8 Å². The summed E-state index contributed by atoms with van der Waals surface area (Å²) in [6.45, 7) is 4.19. The third-order valence-electron chi connectivity index (χ3n) is 3.71. The summed E-state index contributed by atoms with van der Waals surface area (Å²) in [6, 6.07) is 1.99. The normalized spacial score (nSPS) is 25.1. The number of aliphatic hydroxyl groups is 1. The van der Waals surface area contributed by atoms with Gasteiger partial charge in [0.05, 0.1) is 12.8 Å². The minimum atomic E-state index is 0.339. The molecule has 3 heteroatoms. The minimum absolute atomic E-state index is 0.339. The number of hydrogen-bond acceptors (Lipinski definition) is 3. The Hall–Kier alpha value is -0.800. The lowest BCUT2D eigenvalue weighted by Crippen LogP contribution is -2.26. The summed E-state index contributed by atoms with van der Waals surface area (Å²) < 4.78 is 5.37. The first kappa shape index (κ1) is 11.7. The van der Waals surface area contributed by atoms with Crippen LogP contribution in [-0.2, 0) is 6.54 Å². The zero-order valence-corrected chi connectivity index (χ0v) is 9.91. The van der Waals surface area contributed by atoms with Gasteiger partial charge in [0.2, 0.25) is 0 Å². The number of nitrogens with one attached hydrogen (secondary N) is 1. The van der Waals surface area contributed by atoms with Gasteiger partial charge in [-0.3, -0.25) is 0 Å². The van der Waals surface area contributed by atoms with Crippen LogP contribution in [0.15, 0.2) is 16.7 Å². The number of aryl methyl sites for hydroxylation is 1. The molecule has 90 valence electrons. The third kappa shape index (κ3) is 2.66. The van der Waals surface area contributed by atoms with Gasteiger partial charge in [-0.15, -0.1) is 0 Å². The molecule has 0 aromatic carbocycles. The molecule has 16 heavy (non-hydrogen) atoms. The number of rotatable bonds is 5. The predicted octanol–water partition coefficient (Wildman–Crippen LogP) is 2.09. The lowest BCUT2D eigenvalue weighted by atomic mass is 9.97. The molecule has 0 saturated heterocycles. The van der Waals surface area contributed by atoms with E-state index in [0.717, 1.165) is 18.8 Å². The molecule has 1 fully saturated rings. The summed E-state index contributed by atoms with van der Waals surface area (Å²) in [5.41, 5.74) is 1.21. The van der Waals surface area contributed by atoms with Gasteiger partial charge in [-0.1, -0.05) is 6.42 Å². The van der Waals surface area contributed by atoms with E-state index in [2.05, 4.69) is 12.2 Å². The Bertz CT molecular complexity index is 321. The fourth-order valence-corrected chi connectivity index (χ4v) is 2.58. The fraction of sp³-hybridized carbons (Fsp3) is 0.692. The average molecular weight is 223 g/mol. The summed E-state index contributed by atoms with van der Waals surface area (Å²) in [7, 11) is 0. The molecule has 1 aromatic rings. The van der Waals surface area contributed by atoms with Crippen molar-refractivity contribution in [2.75, 3.05) is 13.2 Å². The van der Waals surface area contributed by atoms with Crippen molar-refractivity contribution >= 4 is 0 Å². The van der Waals surface area contributed by atoms with Crippen molar-refractivity contribution in [3.05, 3.63) is 23.7 Å². The van der Waals surface area contributed by atoms with Crippen molar-refractivity contribution in [3.63, 3.8) is 0 Å². The molecule has 1 aliphatic carbocycles. The summed E-state index contributed by atoms with van der Waals surface area (Å²) in [5, 5.41) is 12.6. The molecule has 0 radical (unpaired) electrons. The highest BCUT2D eigenvalue weighted by molar-refractivity contribution is 5.14. The zero-order chi connectivity index (χ0) is 11.4. The predicted molar refractivity (Wildman–Crippen MR) is 63.1 cm³/mol. The number of aliphatic hydroxyl groups excluding tert-OH is 1. The van der Waals surface area contributed by atoms with Crippen LogP contribution < -0.4 is 5.32 Å². The lowest BCUT2D eigenvalue weighted by Gasteiger charge is -2.17. The Balaban J connectivity index is 1.74. The van der Waals surface area contributed by atoms with E-state index in [1.54, 1.807) is 6.26 Å². The Morgan fingerprint density at radius 1 is 1.44 bits per heavy atom. The molecular weight excluding hydrogens is 202 g/mol. The Kier molecular flexibility index (Phi) is 4.02. The number of furan rings is 1. The molecule has 2 N–H and O–H groups in total. The Labute approximate surface area is 96.8 Å². The van der Waals surface area contributed by atoms with Crippen LogP contribution in [0.2, 0.25) is 0 Å². The van der Waals surface area contributed by atoms with Crippen LogP contribution in [-0.4, -0.2) is 18.3 Å². The van der Waals surface area contributed by atoms with Crippen molar-refractivity contribution in [1.82, 2.24) is 5.32 Å². The molecule has 0 spiro atoms. The highest BCUT2D eigenvalue weighted by Gasteiger charge is 2.25. The molecule has 0 bridgehead atoms. The van der Waals surface area contributed by atoms with Crippen LogP contribution in [0, 0.1) is 18.8 Å². The summed E-state index contributed by atoms with van der Waals surface area (Å²) in [5.74, 6) is 2.17. The van der Waals surface area contributed by atoms with Crippen molar-refractivity contribution in [2.24, 2.45) is 11.8 Å². The van der Waals surface area contributed by atoms with Gasteiger partial charge in [0, 0.05) is 6.61 Å². The Morgan fingerprint density at radius 3 is 2.94 bits per heavy atom. The first-order valence-electron chi connectivity index (χ1n) is 6.16. The molecule has 3 nitrogen and oxygen atoms in total. The van der Waals surface area contributed by atoms with Crippen molar-refractivity contribution < 1.29 is 9.52 Å². The van der Waals surface area contributed by atoms with Crippen molar-refractivity contribution in [3.8, 4) is 0 Å². The fourth-order valence-electron chi connectivity index (χ4n) is 2.58. The van der Waals surface area contributed by atoms with E-state index in [1.165, 1.54) is 24.8 Å². The van der Waals surface area contributed by atoms with Gasteiger partial charge < -0.3 is 14.8 Å². The molecule has 1 heterocycles. The lowest BCUT2D eigenvalue weighted by molar-refractivity contribution is 0.192. The minimum Gasteiger partial charge on any atom is -0.468 e. The maximum absolute atomic E-state index is 9.22. The van der Waals surface area contributed by atoms with E-state index in [1.807, 2.05) is 6.07 Å². The molecule has 1 aliphatic rings. The maximum atomic E-state index is 9.22. The van der Waals surface area contributed by atoms with Crippen molar-refractivity contribution in [2.45, 2.75) is 32.7 Å². The summed E-state index contributed by atoms with van der Waals surface area (Å²) in [6.07, 6.45) is 5.42. The SMILES string of the molecule is Cc1ccoc1CNCC1CCCC1CO. The maximum Gasteiger partial charge on any atom is 0.120 e. The summed E-state index contributed by atoms with van der Waals surface area (Å²) >= 11 is 0. The van der Waals surface area contributed by atoms with Crippen LogP contribution in [0.5, 0.6) is 0 Å². The summed E-state index contributed by atoms with van der Waals surface area (Å²) in [4.78, 5) is 0. The first-order chi connectivity index (χ1) is 7.81. The van der Waals surface area contributed by atoms with Gasteiger partial charge in [-0.2, -0.15) is 0 Å². The van der Waals surface area contributed by atoms with E-state index in [0.29, 0.717) is 18.4 Å². The highest BCUT2D eigenvalue weighted by atomic mass is 16.3. The van der Waals surface area contributed by atoms with E-state index in [4.69, 9.17) is 4.42 Å². The molecule has 2 rings (SSSR count). The largest absolute Gasteiger partial charge is 0.468 e. The van der Waals surface area contributed by atoms with Crippen LogP contribution in [0.1, 0.15) is 30.6 Å². The smallest absolute Gasteiger partial charge is 0.120 e.